The molecule has 1 rings (SSSR count). The average molecular weight is 244 g/mol. The molecule has 0 aliphatic carbocycles. The van der Waals surface area contributed by atoms with Crippen molar-refractivity contribution in [3.8, 4) is 0 Å². The van der Waals surface area contributed by atoms with Gasteiger partial charge < -0.3 is 5.32 Å². The molecule has 3 amide bonds. The monoisotopic (exact) mass is 244 g/mol. The Bertz CT molecular complexity index is 288. The molecular formula is C10H16N2O3S. The van der Waals surface area contributed by atoms with Crippen molar-refractivity contribution in [2.24, 2.45) is 5.92 Å². The first-order valence-electron chi connectivity index (χ1n) is 5.24. The van der Waals surface area contributed by atoms with Crippen LogP contribution < -0.4 is 5.32 Å². The van der Waals surface area contributed by atoms with Crippen LogP contribution in [0.1, 0.15) is 20.3 Å². The molecule has 16 heavy (non-hydrogen) atoms. The lowest BCUT2D eigenvalue weighted by Gasteiger charge is -2.13. The zero-order valence-electron chi connectivity index (χ0n) is 9.49. The van der Waals surface area contributed by atoms with Crippen LogP contribution in [0, 0.1) is 5.92 Å². The minimum atomic E-state index is -0.219. The molecule has 0 aromatic carbocycles. The Morgan fingerprint density at radius 2 is 2.19 bits per heavy atom. The van der Waals surface area contributed by atoms with Gasteiger partial charge in [-0.15, -0.1) is 0 Å². The molecule has 90 valence electrons. The average Bonchev–Trinajstić information content (AvgIpc) is 2.47. The molecule has 0 saturated carbocycles. The Morgan fingerprint density at radius 3 is 2.69 bits per heavy atom. The number of nitrogens with zero attached hydrogens (tertiary/aromatic N) is 1. The predicted octanol–water partition coefficient (Wildman–Crippen LogP) is 0.844. The number of imide groups is 1. The third kappa shape index (κ3) is 3.84. The van der Waals surface area contributed by atoms with Crippen LogP contribution in [0.5, 0.6) is 0 Å². The highest BCUT2D eigenvalue weighted by Crippen LogP contribution is 2.17. The van der Waals surface area contributed by atoms with Crippen molar-refractivity contribution in [3.63, 3.8) is 0 Å². The molecule has 0 aromatic heterocycles. The molecule has 1 saturated heterocycles. The molecule has 0 aromatic rings. The second kappa shape index (κ2) is 5.89. The Balaban J connectivity index is 2.22. The van der Waals surface area contributed by atoms with Gasteiger partial charge >= 0.3 is 0 Å². The van der Waals surface area contributed by atoms with Crippen molar-refractivity contribution in [1.82, 2.24) is 10.2 Å². The summed E-state index contributed by atoms with van der Waals surface area (Å²) in [6.45, 7) is 4.53. The summed E-state index contributed by atoms with van der Waals surface area (Å²) in [5.41, 5.74) is 0. The van der Waals surface area contributed by atoms with Crippen molar-refractivity contribution in [2.45, 2.75) is 20.3 Å². The predicted molar refractivity (Wildman–Crippen MR) is 62.0 cm³/mol. The number of thioether (sulfide) groups is 1. The summed E-state index contributed by atoms with van der Waals surface area (Å²) < 4.78 is 0. The van der Waals surface area contributed by atoms with E-state index < -0.39 is 0 Å². The third-order valence-electron chi connectivity index (χ3n) is 2.09. The van der Waals surface area contributed by atoms with Gasteiger partial charge in [-0.2, -0.15) is 0 Å². The van der Waals surface area contributed by atoms with Crippen LogP contribution in [0.2, 0.25) is 0 Å². The van der Waals surface area contributed by atoms with Crippen LogP contribution >= 0.6 is 11.8 Å². The molecule has 1 fully saturated rings. The van der Waals surface area contributed by atoms with E-state index >= 15 is 0 Å². The van der Waals surface area contributed by atoms with E-state index in [1.54, 1.807) is 0 Å². The first kappa shape index (κ1) is 13.0. The fourth-order valence-corrected chi connectivity index (χ4v) is 2.10. The van der Waals surface area contributed by atoms with Crippen LogP contribution in [-0.4, -0.2) is 40.8 Å². The van der Waals surface area contributed by atoms with Gasteiger partial charge in [-0.25, -0.2) is 0 Å². The third-order valence-corrected chi connectivity index (χ3v) is 2.95. The molecule has 0 unspecified atom stereocenters. The highest BCUT2D eigenvalue weighted by molar-refractivity contribution is 8.14. The maximum atomic E-state index is 11.3. The molecule has 1 N–H and O–H groups in total. The van der Waals surface area contributed by atoms with Gasteiger partial charge in [0.15, 0.2) is 0 Å². The summed E-state index contributed by atoms with van der Waals surface area (Å²) in [5.74, 6) is 0.319. The number of hydrogen-bond donors (Lipinski definition) is 1. The lowest BCUT2D eigenvalue weighted by molar-refractivity contribution is -0.125. The van der Waals surface area contributed by atoms with Crippen LogP contribution in [0.25, 0.3) is 0 Å². The van der Waals surface area contributed by atoms with E-state index in [0.29, 0.717) is 18.9 Å². The van der Waals surface area contributed by atoms with Crippen molar-refractivity contribution in [3.05, 3.63) is 0 Å². The van der Waals surface area contributed by atoms with E-state index in [4.69, 9.17) is 0 Å². The second-order valence-electron chi connectivity index (χ2n) is 4.05. The standard InChI is InChI=1S/C10H16N2O3S/c1-7(2)5-8(13)11-3-4-12-9(14)6-16-10(12)15/h7H,3-6H2,1-2H3,(H,11,13). The summed E-state index contributed by atoms with van der Waals surface area (Å²) in [5, 5.41) is 2.47. The number of carbonyl (C=O) groups excluding carboxylic acids is 3. The zero-order valence-corrected chi connectivity index (χ0v) is 10.3. The van der Waals surface area contributed by atoms with Gasteiger partial charge in [-0.3, -0.25) is 19.3 Å². The van der Waals surface area contributed by atoms with E-state index in [9.17, 15) is 14.4 Å². The Hall–Kier alpha value is -1.04. The minimum absolute atomic E-state index is 0.0400. The molecule has 0 bridgehead atoms. The van der Waals surface area contributed by atoms with Crippen LogP contribution in [0.4, 0.5) is 4.79 Å². The van der Waals surface area contributed by atoms with Crippen LogP contribution in [0.3, 0.4) is 0 Å². The largest absolute Gasteiger partial charge is 0.354 e. The first-order valence-corrected chi connectivity index (χ1v) is 6.23. The quantitative estimate of drug-likeness (QED) is 0.778. The fourth-order valence-electron chi connectivity index (χ4n) is 1.35. The second-order valence-corrected chi connectivity index (χ2v) is 4.97. The summed E-state index contributed by atoms with van der Waals surface area (Å²) in [7, 11) is 0. The number of carbonyl (C=O) groups is 3. The molecule has 0 atom stereocenters. The van der Waals surface area contributed by atoms with Crippen molar-refractivity contribution in [2.75, 3.05) is 18.8 Å². The highest BCUT2D eigenvalue weighted by atomic mass is 32.2. The van der Waals surface area contributed by atoms with Gasteiger partial charge in [-0.05, 0) is 5.92 Å². The Morgan fingerprint density at radius 1 is 1.50 bits per heavy atom. The molecule has 5 nitrogen and oxygen atoms in total. The fraction of sp³-hybridized carbons (Fsp3) is 0.700. The summed E-state index contributed by atoms with van der Waals surface area (Å²) >= 11 is 1.01. The van der Waals surface area contributed by atoms with Gasteiger partial charge in [0.2, 0.25) is 11.8 Å². The van der Waals surface area contributed by atoms with Crippen LogP contribution in [-0.2, 0) is 9.59 Å². The van der Waals surface area contributed by atoms with Crippen molar-refractivity contribution < 1.29 is 14.4 Å². The molecule has 1 aliphatic rings. The van der Waals surface area contributed by atoms with E-state index in [0.717, 1.165) is 11.8 Å². The summed E-state index contributed by atoms with van der Waals surface area (Å²) in [6.07, 6.45) is 0.469. The zero-order chi connectivity index (χ0) is 12.1. The molecular weight excluding hydrogens is 228 g/mol. The van der Waals surface area contributed by atoms with E-state index in [-0.39, 0.29) is 29.4 Å². The van der Waals surface area contributed by atoms with E-state index in [1.165, 1.54) is 4.90 Å². The maximum Gasteiger partial charge on any atom is 0.288 e. The molecule has 1 aliphatic heterocycles. The van der Waals surface area contributed by atoms with Crippen LogP contribution in [0.15, 0.2) is 0 Å². The topological polar surface area (TPSA) is 66.5 Å². The van der Waals surface area contributed by atoms with Gasteiger partial charge in [0.05, 0.1) is 5.75 Å². The molecule has 1 heterocycles. The van der Waals surface area contributed by atoms with Gasteiger partial charge in [0.25, 0.3) is 5.24 Å². The van der Waals surface area contributed by atoms with Gasteiger partial charge in [0, 0.05) is 19.5 Å². The molecule has 0 radical (unpaired) electrons. The lowest BCUT2D eigenvalue weighted by atomic mass is 10.1. The Labute approximate surface area is 98.9 Å². The number of rotatable bonds is 5. The summed E-state index contributed by atoms with van der Waals surface area (Å²) in [4.78, 5) is 34.9. The lowest BCUT2D eigenvalue weighted by Crippen LogP contribution is -2.37. The number of hydrogen-bond acceptors (Lipinski definition) is 4. The molecule has 6 heteroatoms. The van der Waals surface area contributed by atoms with E-state index in [1.807, 2.05) is 13.8 Å². The van der Waals surface area contributed by atoms with Crippen molar-refractivity contribution in [1.29, 1.82) is 0 Å². The number of amides is 3. The normalized spacial score (nSPS) is 16.1. The van der Waals surface area contributed by atoms with Gasteiger partial charge in [-0.1, -0.05) is 25.6 Å². The summed E-state index contributed by atoms with van der Waals surface area (Å²) in [6, 6.07) is 0. The smallest absolute Gasteiger partial charge is 0.288 e. The molecule has 0 spiro atoms. The Kier molecular flexibility index (Phi) is 4.79. The van der Waals surface area contributed by atoms with Gasteiger partial charge in [0.1, 0.15) is 0 Å². The maximum absolute atomic E-state index is 11.3. The number of nitrogens with one attached hydrogen (secondary N) is 1. The highest BCUT2D eigenvalue weighted by Gasteiger charge is 2.29. The SMILES string of the molecule is CC(C)CC(=O)NCCN1C(=O)CSC1=O. The minimum Gasteiger partial charge on any atom is -0.354 e. The van der Waals surface area contributed by atoms with Crippen molar-refractivity contribution >= 4 is 28.8 Å². The first-order chi connectivity index (χ1) is 7.50. The van der Waals surface area contributed by atoms with E-state index in [2.05, 4.69) is 5.32 Å².